The first-order valence-electron chi connectivity index (χ1n) is 11.3. The molecular weight excluding hydrogens is 452 g/mol. The number of nitrogens with one attached hydrogen (secondary N) is 2. The lowest BCUT2D eigenvalue weighted by atomic mass is 10.1. The predicted molar refractivity (Wildman–Crippen MR) is 139 cm³/mol. The number of fused-ring (bicyclic) bond motifs is 1. The number of ether oxygens (including phenoxy) is 1. The van der Waals surface area contributed by atoms with Crippen LogP contribution < -0.4 is 10.6 Å². The van der Waals surface area contributed by atoms with E-state index in [1.54, 1.807) is 11.3 Å². The minimum atomic E-state index is -0.307. The number of carbonyl (C=O) groups excluding carboxylic acids is 1. The Morgan fingerprint density at radius 1 is 1.12 bits per heavy atom. The van der Waals surface area contributed by atoms with E-state index in [-0.39, 0.29) is 5.97 Å². The zero-order valence-corrected chi connectivity index (χ0v) is 21.2. The van der Waals surface area contributed by atoms with Crippen molar-refractivity contribution >= 4 is 45.3 Å². The monoisotopic (exact) mass is 482 g/mol. The molecule has 0 amide bonds. The number of carbonyl (C=O) groups is 1. The number of nitrogens with zero attached hydrogens (tertiary/aromatic N) is 2. The molecule has 0 fully saturated rings. The van der Waals surface area contributed by atoms with E-state index in [0.29, 0.717) is 17.2 Å². The Labute approximate surface area is 204 Å². The summed E-state index contributed by atoms with van der Waals surface area (Å²) in [5.74, 6) is -0.307. The molecule has 33 heavy (non-hydrogen) atoms. The number of benzene rings is 1. The summed E-state index contributed by atoms with van der Waals surface area (Å²) >= 11 is 7.25. The van der Waals surface area contributed by atoms with Gasteiger partial charge in [-0.25, -0.2) is 4.79 Å². The number of esters is 1. The fourth-order valence-corrected chi connectivity index (χ4v) is 5.85. The highest BCUT2D eigenvalue weighted by molar-refractivity contribution is 7.80. The zero-order valence-electron chi connectivity index (χ0n) is 19.6. The Balaban J connectivity index is 1.53. The van der Waals surface area contributed by atoms with Crippen molar-refractivity contribution in [3.63, 3.8) is 0 Å². The molecule has 2 aromatic heterocycles. The number of methoxy groups -OCH3 is 1. The minimum absolute atomic E-state index is 0.307. The summed E-state index contributed by atoms with van der Waals surface area (Å²) in [5.41, 5.74) is 6.95. The Bertz CT molecular complexity index is 1180. The predicted octanol–water partition coefficient (Wildman–Crippen LogP) is 5.78. The van der Waals surface area contributed by atoms with E-state index in [4.69, 9.17) is 22.1 Å². The average Bonchev–Trinajstić information content (AvgIpc) is 3.14. The van der Waals surface area contributed by atoms with E-state index in [1.165, 1.54) is 29.5 Å². The fraction of sp³-hybridized carbons (Fsp3) is 0.400. The van der Waals surface area contributed by atoms with E-state index in [1.807, 2.05) is 18.5 Å². The molecule has 0 radical (unpaired) electrons. The van der Waals surface area contributed by atoms with Gasteiger partial charge < -0.3 is 15.4 Å². The molecule has 0 unspecified atom stereocenters. The Morgan fingerprint density at radius 3 is 2.58 bits per heavy atom. The van der Waals surface area contributed by atoms with Crippen LogP contribution in [-0.2, 0) is 24.1 Å². The quantitative estimate of drug-likeness (QED) is 0.273. The summed E-state index contributed by atoms with van der Waals surface area (Å²) < 4.78 is 7.08. The first-order valence-corrected chi connectivity index (χ1v) is 12.5. The average molecular weight is 483 g/mol. The fourth-order valence-electron chi connectivity index (χ4n) is 4.29. The van der Waals surface area contributed by atoms with Gasteiger partial charge in [-0.1, -0.05) is 36.2 Å². The SMILES string of the molecule is COC(=O)c1c(NC(=S)Nc2c(C)nn(Cc3ccc(C)cc3)c2C)sc2c1CCCCC2. The second-order valence-electron chi connectivity index (χ2n) is 8.53. The highest BCUT2D eigenvalue weighted by Crippen LogP contribution is 2.38. The molecule has 6 nitrogen and oxygen atoms in total. The topological polar surface area (TPSA) is 68.2 Å². The van der Waals surface area contributed by atoms with Gasteiger partial charge >= 0.3 is 5.97 Å². The number of rotatable bonds is 5. The summed E-state index contributed by atoms with van der Waals surface area (Å²) in [5, 5.41) is 12.5. The van der Waals surface area contributed by atoms with E-state index in [0.717, 1.165) is 53.3 Å². The van der Waals surface area contributed by atoms with E-state index in [2.05, 4.69) is 41.8 Å². The molecule has 4 rings (SSSR count). The van der Waals surface area contributed by atoms with Crippen LogP contribution in [0.1, 0.15) is 62.6 Å². The Hall–Kier alpha value is -2.71. The first-order chi connectivity index (χ1) is 15.9. The number of thiophene rings is 1. The van der Waals surface area contributed by atoms with Crippen LogP contribution in [0.5, 0.6) is 0 Å². The smallest absolute Gasteiger partial charge is 0.341 e. The molecule has 0 spiro atoms. The van der Waals surface area contributed by atoms with Gasteiger partial charge in [-0.15, -0.1) is 11.3 Å². The number of aryl methyl sites for hydroxylation is 3. The van der Waals surface area contributed by atoms with Gasteiger partial charge in [-0.2, -0.15) is 5.10 Å². The third kappa shape index (κ3) is 5.12. The van der Waals surface area contributed by atoms with E-state index < -0.39 is 0 Å². The summed E-state index contributed by atoms with van der Waals surface area (Å²) in [4.78, 5) is 13.9. The maximum atomic E-state index is 12.6. The molecule has 1 aliphatic carbocycles. The van der Waals surface area contributed by atoms with Crippen LogP contribution in [0, 0.1) is 20.8 Å². The Morgan fingerprint density at radius 2 is 1.85 bits per heavy atom. The van der Waals surface area contributed by atoms with Crippen molar-refractivity contribution in [3.05, 3.63) is 62.8 Å². The maximum Gasteiger partial charge on any atom is 0.341 e. The van der Waals surface area contributed by atoms with Crippen molar-refractivity contribution in [1.82, 2.24) is 9.78 Å². The molecule has 0 saturated heterocycles. The number of thiocarbonyl (C=S) groups is 1. The lowest BCUT2D eigenvalue weighted by Crippen LogP contribution is -2.21. The molecular formula is C25H30N4O2S2. The molecule has 2 heterocycles. The van der Waals surface area contributed by atoms with Gasteiger partial charge in [0, 0.05) is 4.88 Å². The van der Waals surface area contributed by atoms with Gasteiger partial charge in [0.15, 0.2) is 5.11 Å². The zero-order chi connectivity index (χ0) is 23.5. The lowest BCUT2D eigenvalue weighted by Gasteiger charge is -2.12. The maximum absolute atomic E-state index is 12.6. The van der Waals surface area contributed by atoms with Crippen molar-refractivity contribution in [2.45, 2.75) is 59.4 Å². The lowest BCUT2D eigenvalue weighted by molar-refractivity contribution is 0.0601. The van der Waals surface area contributed by atoms with Crippen LogP contribution in [0.3, 0.4) is 0 Å². The first kappa shape index (κ1) is 23.4. The summed E-state index contributed by atoms with van der Waals surface area (Å²) in [6.45, 7) is 6.78. The number of hydrogen-bond donors (Lipinski definition) is 2. The summed E-state index contributed by atoms with van der Waals surface area (Å²) in [6.07, 6.45) is 5.33. The largest absolute Gasteiger partial charge is 0.465 e. The molecule has 0 saturated carbocycles. The minimum Gasteiger partial charge on any atom is -0.465 e. The number of hydrogen-bond acceptors (Lipinski definition) is 5. The Kier molecular flexibility index (Phi) is 7.14. The van der Waals surface area contributed by atoms with Crippen LogP contribution in [0.2, 0.25) is 0 Å². The highest BCUT2D eigenvalue weighted by Gasteiger charge is 2.26. The van der Waals surface area contributed by atoms with Crippen LogP contribution in [0.25, 0.3) is 0 Å². The van der Waals surface area contributed by atoms with Gasteiger partial charge in [0.25, 0.3) is 0 Å². The molecule has 2 N–H and O–H groups in total. The number of aromatic nitrogens is 2. The molecule has 0 atom stereocenters. The summed E-state index contributed by atoms with van der Waals surface area (Å²) in [7, 11) is 1.43. The second-order valence-corrected chi connectivity index (χ2v) is 10.0. The van der Waals surface area contributed by atoms with Crippen LogP contribution >= 0.6 is 23.6 Å². The molecule has 1 aromatic carbocycles. The third-order valence-corrected chi connectivity index (χ3v) is 7.52. The molecule has 8 heteroatoms. The molecule has 3 aromatic rings. The van der Waals surface area contributed by atoms with Crippen molar-refractivity contribution < 1.29 is 9.53 Å². The second kappa shape index (κ2) is 10.1. The van der Waals surface area contributed by atoms with E-state index >= 15 is 0 Å². The van der Waals surface area contributed by atoms with Crippen LogP contribution in [0.15, 0.2) is 24.3 Å². The van der Waals surface area contributed by atoms with Gasteiger partial charge in [-0.05, 0) is 69.8 Å². The highest BCUT2D eigenvalue weighted by atomic mass is 32.1. The van der Waals surface area contributed by atoms with Gasteiger partial charge in [0.05, 0.1) is 36.3 Å². The summed E-state index contributed by atoms with van der Waals surface area (Å²) in [6, 6.07) is 8.47. The van der Waals surface area contributed by atoms with Crippen molar-refractivity contribution in [3.8, 4) is 0 Å². The van der Waals surface area contributed by atoms with E-state index in [9.17, 15) is 4.79 Å². The number of anilines is 2. The van der Waals surface area contributed by atoms with Gasteiger partial charge in [-0.3, -0.25) is 4.68 Å². The van der Waals surface area contributed by atoms with Crippen molar-refractivity contribution in [2.75, 3.05) is 17.7 Å². The normalized spacial score (nSPS) is 13.2. The molecule has 1 aliphatic rings. The standard InChI is InChI=1S/C25H30N4O2S2/c1-15-10-12-18(13-11-15)14-29-17(3)22(16(2)28-29)26-25(32)27-23-21(24(30)31-4)19-8-6-5-7-9-20(19)33-23/h10-13H,5-9,14H2,1-4H3,(H2,26,27,32). The molecule has 0 bridgehead atoms. The van der Waals surface area contributed by atoms with Crippen molar-refractivity contribution in [1.29, 1.82) is 0 Å². The molecule has 0 aliphatic heterocycles. The van der Waals surface area contributed by atoms with Crippen LogP contribution in [-0.4, -0.2) is 28.0 Å². The van der Waals surface area contributed by atoms with Gasteiger partial charge in [0.1, 0.15) is 5.00 Å². The molecule has 174 valence electrons. The third-order valence-electron chi connectivity index (χ3n) is 6.11. The van der Waals surface area contributed by atoms with Gasteiger partial charge in [0.2, 0.25) is 0 Å². The van der Waals surface area contributed by atoms with Crippen molar-refractivity contribution in [2.24, 2.45) is 0 Å². The van der Waals surface area contributed by atoms with Crippen LogP contribution in [0.4, 0.5) is 10.7 Å².